The number of benzene rings is 1. The molecule has 2 fully saturated rings. The van der Waals surface area contributed by atoms with E-state index in [0.717, 1.165) is 24.8 Å². The molecule has 0 unspecified atom stereocenters. The fourth-order valence-electron chi connectivity index (χ4n) is 2.67. The Bertz CT molecular complexity index is 447. The van der Waals surface area contributed by atoms with E-state index in [1.165, 1.54) is 17.1 Å². The molecule has 0 amide bonds. The number of carbonyl (C=O) groups is 1. The first-order valence-corrected chi connectivity index (χ1v) is 7.29. The molecule has 90 valence electrons. The lowest BCUT2D eigenvalue weighted by Gasteiger charge is -2.38. The first kappa shape index (κ1) is 11.1. The van der Waals surface area contributed by atoms with Crippen LogP contribution in [0, 0.1) is 0 Å². The predicted octanol–water partition coefficient (Wildman–Crippen LogP) is 3.02. The Morgan fingerprint density at radius 2 is 2.12 bits per heavy atom. The molecule has 3 heteroatoms. The van der Waals surface area contributed by atoms with Gasteiger partial charge in [0.15, 0.2) is 0 Å². The Balaban J connectivity index is 1.94. The van der Waals surface area contributed by atoms with Crippen molar-refractivity contribution in [3.63, 3.8) is 0 Å². The lowest BCUT2D eigenvalue weighted by molar-refractivity contribution is -0.147. The minimum Gasteiger partial charge on any atom is -0.481 e. The summed E-state index contributed by atoms with van der Waals surface area (Å²) in [5.74, 6) is 2.36. The molecule has 1 aliphatic heterocycles. The highest BCUT2D eigenvalue weighted by Crippen LogP contribution is 2.45. The van der Waals surface area contributed by atoms with E-state index in [1.807, 2.05) is 23.9 Å². The highest BCUT2D eigenvalue weighted by atomic mass is 32.2. The number of hydrogen-bond acceptors (Lipinski definition) is 2. The summed E-state index contributed by atoms with van der Waals surface area (Å²) in [5.41, 5.74) is 1.77. The van der Waals surface area contributed by atoms with Gasteiger partial charge in [-0.15, -0.1) is 0 Å². The van der Waals surface area contributed by atoms with Crippen LogP contribution in [0.4, 0.5) is 0 Å². The van der Waals surface area contributed by atoms with Crippen LogP contribution in [0.2, 0.25) is 0 Å². The molecule has 1 aromatic rings. The number of hydrogen-bond donors (Lipinski definition) is 1. The zero-order chi connectivity index (χ0) is 11.9. The van der Waals surface area contributed by atoms with Crippen molar-refractivity contribution in [2.24, 2.45) is 0 Å². The Morgan fingerprint density at radius 3 is 2.59 bits per heavy atom. The van der Waals surface area contributed by atoms with Crippen LogP contribution in [0.15, 0.2) is 24.3 Å². The Kier molecular flexibility index (Phi) is 2.66. The first-order chi connectivity index (χ1) is 8.22. The number of thioether (sulfide) groups is 1. The third-order valence-electron chi connectivity index (χ3n) is 4.17. The molecule has 0 radical (unpaired) electrons. The maximum absolute atomic E-state index is 11.5. The Labute approximate surface area is 105 Å². The van der Waals surface area contributed by atoms with Gasteiger partial charge in [0, 0.05) is 17.4 Å². The highest BCUT2D eigenvalue weighted by molar-refractivity contribution is 8.00. The molecule has 0 aromatic heterocycles. The van der Waals surface area contributed by atoms with Crippen LogP contribution in [-0.4, -0.2) is 22.6 Å². The van der Waals surface area contributed by atoms with E-state index >= 15 is 0 Å². The normalized spacial score (nSPS) is 22.6. The number of rotatable bonds is 3. The van der Waals surface area contributed by atoms with E-state index in [0.29, 0.717) is 5.92 Å². The number of carboxylic acids is 1. The Hall–Kier alpha value is -0.960. The maximum atomic E-state index is 11.5. The highest BCUT2D eigenvalue weighted by Gasteiger charge is 2.46. The fraction of sp³-hybridized carbons (Fsp3) is 0.500. The lowest BCUT2D eigenvalue weighted by atomic mass is 9.64. The molecule has 1 saturated carbocycles. The van der Waals surface area contributed by atoms with Crippen molar-refractivity contribution < 1.29 is 9.90 Å². The van der Waals surface area contributed by atoms with Crippen LogP contribution in [0.5, 0.6) is 0 Å². The SMILES string of the molecule is O=C(O)C1(c2cccc(C3CSC3)c2)CCC1. The van der Waals surface area contributed by atoms with E-state index < -0.39 is 11.4 Å². The number of carboxylic acid groups (broad SMARTS) is 1. The van der Waals surface area contributed by atoms with Gasteiger partial charge in [-0.05, 0) is 24.0 Å². The average Bonchev–Trinajstić information content (AvgIpc) is 2.12. The second kappa shape index (κ2) is 4.05. The van der Waals surface area contributed by atoms with Gasteiger partial charge in [0.2, 0.25) is 0 Å². The van der Waals surface area contributed by atoms with E-state index in [-0.39, 0.29) is 0 Å². The zero-order valence-corrected chi connectivity index (χ0v) is 10.5. The lowest BCUT2D eigenvalue weighted by Crippen LogP contribution is -2.42. The molecule has 1 saturated heterocycles. The predicted molar refractivity (Wildman–Crippen MR) is 69.7 cm³/mol. The van der Waals surface area contributed by atoms with Crippen molar-refractivity contribution in [1.82, 2.24) is 0 Å². The van der Waals surface area contributed by atoms with Gasteiger partial charge in [0.25, 0.3) is 0 Å². The van der Waals surface area contributed by atoms with Crippen molar-refractivity contribution in [3.8, 4) is 0 Å². The van der Waals surface area contributed by atoms with Crippen molar-refractivity contribution >= 4 is 17.7 Å². The minimum absolute atomic E-state index is 0.576. The van der Waals surface area contributed by atoms with Crippen LogP contribution in [0.1, 0.15) is 36.3 Å². The van der Waals surface area contributed by atoms with Crippen molar-refractivity contribution in [2.75, 3.05) is 11.5 Å². The third kappa shape index (κ3) is 1.68. The molecule has 1 heterocycles. The summed E-state index contributed by atoms with van der Waals surface area (Å²) in [6.45, 7) is 0. The molecule has 3 rings (SSSR count). The van der Waals surface area contributed by atoms with Crippen molar-refractivity contribution in [2.45, 2.75) is 30.6 Å². The van der Waals surface area contributed by atoms with Crippen molar-refractivity contribution in [1.29, 1.82) is 0 Å². The van der Waals surface area contributed by atoms with Gasteiger partial charge >= 0.3 is 5.97 Å². The molecule has 17 heavy (non-hydrogen) atoms. The van der Waals surface area contributed by atoms with Gasteiger partial charge in [0.1, 0.15) is 0 Å². The van der Waals surface area contributed by atoms with E-state index in [2.05, 4.69) is 12.1 Å². The summed E-state index contributed by atoms with van der Waals surface area (Å²) in [4.78, 5) is 11.5. The summed E-state index contributed by atoms with van der Waals surface area (Å²) in [5, 5.41) is 9.43. The van der Waals surface area contributed by atoms with E-state index in [4.69, 9.17) is 0 Å². The molecule has 2 aliphatic rings. The zero-order valence-electron chi connectivity index (χ0n) is 9.69. The topological polar surface area (TPSA) is 37.3 Å². The average molecular weight is 248 g/mol. The van der Waals surface area contributed by atoms with Gasteiger partial charge in [-0.2, -0.15) is 11.8 Å². The summed E-state index contributed by atoms with van der Waals surface area (Å²) in [6, 6.07) is 8.29. The van der Waals surface area contributed by atoms with Crippen LogP contribution >= 0.6 is 11.8 Å². The van der Waals surface area contributed by atoms with Crippen LogP contribution < -0.4 is 0 Å². The molecule has 2 nitrogen and oxygen atoms in total. The maximum Gasteiger partial charge on any atom is 0.314 e. The molecule has 1 aliphatic carbocycles. The minimum atomic E-state index is -0.649. The summed E-state index contributed by atoms with van der Waals surface area (Å²) in [6.07, 6.45) is 2.63. The molecule has 0 atom stereocenters. The van der Waals surface area contributed by atoms with Gasteiger partial charge in [-0.25, -0.2) is 0 Å². The van der Waals surface area contributed by atoms with Crippen LogP contribution in [0.25, 0.3) is 0 Å². The summed E-state index contributed by atoms with van der Waals surface area (Å²) >= 11 is 1.96. The smallest absolute Gasteiger partial charge is 0.314 e. The first-order valence-electron chi connectivity index (χ1n) is 6.14. The molecule has 0 spiro atoms. The summed E-state index contributed by atoms with van der Waals surface area (Å²) < 4.78 is 0. The van der Waals surface area contributed by atoms with Crippen molar-refractivity contribution in [3.05, 3.63) is 35.4 Å². The second-order valence-corrected chi connectivity index (χ2v) is 6.18. The van der Waals surface area contributed by atoms with Gasteiger partial charge in [-0.1, -0.05) is 30.7 Å². The summed E-state index contributed by atoms with van der Waals surface area (Å²) in [7, 11) is 0. The molecule has 1 N–H and O–H groups in total. The third-order valence-corrected chi connectivity index (χ3v) is 5.44. The van der Waals surface area contributed by atoms with E-state index in [1.54, 1.807) is 0 Å². The Morgan fingerprint density at radius 1 is 1.35 bits per heavy atom. The van der Waals surface area contributed by atoms with Gasteiger partial charge in [0.05, 0.1) is 5.41 Å². The van der Waals surface area contributed by atoms with E-state index in [9.17, 15) is 9.90 Å². The van der Waals surface area contributed by atoms with Crippen LogP contribution in [-0.2, 0) is 10.2 Å². The number of aliphatic carboxylic acids is 1. The molecular weight excluding hydrogens is 232 g/mol. The second-order valence-electron chi connectivity index (χ2n) is 5.10. The standard InChI is InChI=1S/C14H16O2S/c15-13(16)14(5-2-6-14)12-4-1-3-10(7-12)11-8-17-9-11/h1,3-4,7,11H,2,5-6,8-9H2,(H,15,16). The largest absolute Gasteiger partial charge is 0.481 e. The monoisotopic (exact) mass is 248 g/mol. The molecule has 1 aromatic carbocycles. The van der Waals surface area contributed by atoms with Gasteiger partial charge in [-0.3, -0.25) is 4.79 Å². The quantitative estimate of drug-likeness (QED) is 0.893. The molecule has 0 bridgehead atoms. The van der Waals surface area contributed by atoms with Gasteiger partial charge < -0.3 is 5.11 Å². The fourth-order valence-corrected chi connectivity index (χ4v) is 3.53. The molecular formula is C14H16O2S. The van der Waals surface area contributed by atoms with Crippen LogP contribution in [0.3, 0.4) is 0 Å².